The molecule has 2 bridgehead atoms. The number of ether oxygens (including phenoxy) is 7. The van der Waals surface area contributed by atoms with Gasteiger partial charge in [-0.2, -0.15) is 0 Å². The summed E-state index contributed by atoms with van der Waals surface area (Å²) in [6.07, 6.45) is 9.85. The molecule has 3 aliphatic heterocycles. The van der Waals surface area contributed by atoms with Gasteiger partial charge in [0.2, 0.25) is 5.79 Å². The number of esters is 1. The lowest BCUT2D eigenvalue weighted by Crippen LogP contribution is -2.61. The largest absolute Gasteiger partial charge is 0.460 e. The van der Waals surface area contributed by atoms with Gasteiger partial charge in [-0.05, 0) is 121 Å². The number of amides is 2. The number of aliphatic hydroxyl groups is 2. The van der Waals surface area contributed by atoms with E-state index in [0.29, 0.717) is 69.8 Å². The summed E-state index contributed by atoms with van der Waals surface area (Å²) in [4.78, 5) is 85.3. The number of piperidine rings is 1. The minimum Gasteiger partial charge on any atom is -0.460 e. The highest BCUT2D eigenvalue weighted by Crippen LogP contribution is 2.38. The van der Waals surface area contributed by atoms with Gasteiger partial charge >= 0.3 is 12.1 Å². The summed E-state index contributed by atoms with van der Waals surface area (Å²) in [6, 6.07) is -1.18. The summed E-state index contributed by atoms with van der Waals surface area (Å²) >= 11 is 0. The van der Waals surface area contributed by atoms with E-state index in [1.165, 1.54) is 19.1 Å². The maximum absolute atomic E-state index is 14.6. The van der Waals surface area contributed by atoms with Gasteiger partial charge in [0.25, 0.3) is 11.7 Å². The second-order valence-electron chi connectivity index (χ2n) is 21.8. The summed E-state index contributed by atoms with van der Waals surface area (Å²) in [6.45, 7) is 16.1. The molecule has 9 unspecified atom stereocenters. The number of nitrogens with one attached hydrogen (secondary N) is 1. The maximum atomic E-state index is 14.6. The van der Waals surface area contributed by atoms with E-state index in [0.717, 1.165) is 5.57 Å². The van der Waals surface area contributed by atoms with Gasteiger partial charge < -0.3 is 48.3 Å². The topological polar surface area (TPSA) is 223 Å². The molecule has 1 aliphatic carbocycles. The highest BCUT2D eigenvalue weighted by Gasteiger charge is 2.53. The number of Topliss-reactive ketones (excluding diaryl/α,β-unsaturated/α-hetero) is 3. The number of rotatable bonds is 9. The molecule has 412 valence electrons. The van der Waals surface area contributed by atoms with Gasteiger partial charge in [0.1, 0.15) is 42.0 Å². The van der Waals surface area contributed by atoms with Gasteiger partial charge in [0, 0.05) is 65.6 Å². The summed E-state index contributed by atoms with van der Waals surface area (Å²) in [5.74, 6) is -8.37. The van der Waals surface area contributed by atoms with Crippen molar-refractivity contribution in [3.8, 4) is 0 Å². The van der Waals surface area contributed by atoms with Crippen LogP contribution in [-0.2, 0) is 57.1 Å². The first kappa shape index (κ1) is 61.4. The zero-order valence-corrected chi connectivity index (χ0v) is 45.9. The van der Waals surface area contributed by atoms with Gasteiger partial charge in [-0.1, -0.05) is 71.1 Å². The zero-order chi connectivity index (χ0) is 54.4. The summed E-state index contributed by atoms with van der Waals surface area (Å²) in [5, 5.41) is 26.2. The molecule has 0 aromatic carbocycles. The van der Waals surface area contributed by atoms with Crippen molar-refractivity contribution in [2.75, 3.05) is 35.0 Å². The highest BCUT2D eigenvalue weighted by molar-refractivity contribution is 6.39. The van der Waals surface area contributed by atoms with Gasteiger partial charge in [-0.25, -0.2) is 9.59 Å². The zero-order valence-electron chi connectivity index (χ0n) is 45.9. The van der Waals surface area contributed by atoms with Crippen LogP contribution in [-0.4, -0.2) is 146 Å². The van der Waals surface area contributed by atoms with Crippen molar-refractivity contribution in [2.45, 2.75) is 200 Å². The van der Waals surface area contributed by atoms with Crippen LogP contribution < -0.4 is 5.32 Å². The normalized spacial score (nSPS) is 37.4. The van der Waals surface area contributed by atoms with Crippen molar-refractivity contribution in [1.82, 2.24) is 10.2 Å². The Morgan fingerprint density at radius 3 is 2.25 bits per heavy atom. The third-order valence-electron chi connectivity index (χ3n) is 15.6. The van der Waals surface area contributed by atoms with Crippen LogP contribution in [0.15, 0.2) is 47.6 Å². The molecule has 3 N–H and O–H groups in total. The molecule has 15 atom stereocenters. The van der Waals surface area contributed by atoms with E-state index in [1.54, 1.807) is 61.8 Å². The lowest BCUT2D eigenvalue weighted by Gasteiger charge is -2.42. The van der Waals surface area contributed by atoms with Crippen LogP contribution in [0.4, 0.5) is 4.79 Å². The number of nitrogens with zero attached hydrogens (tertiary/aromatic N) is 1. The lowest BCUT2D eigenvalue weighted by molar-refractivity contribution is -0.265. The molecule has 0 radical (unpaired) electrons. The number of alkyl carbamates (subject to hydrolysis) is 1. The van der Waals surface area contributed by atoms with E-state index in [2.05, 4.69) is 5.32 Å². The monoisotopic (exact) mass is 1030 g/mol. The highest BCUT2D eigenvalue weighted by atomic mass is 16.6. The standard InChI is InChI=1S/C56H88N2O15/c1-33-19-15-14-16-20-34(2)45(67-10)31-41-24-22-39(7)56(66,73-41)51(62)52(63)58-26-18-17-21-42(58)53(64)71-46(32-43(59)35(3)28-38(6)49(61)50(69-12)48(60)37(5)27-33)36(4)29-40-23-25-44(47(30-40)68-11)72-54(65)57-55(8,9)70-13/h14-16,19-20,28,33,35-37,39-42,44-47,49-50,61,66H,17-18,21-27,29-32H2,1-13H3,(H,57,65)/b16-14+,19-15+,34-20+,38-28+/t33?,35?,36?,37-,39-,40?,41?,42+,44-,45?,46?,47?,49-,50?,56-/m1/s1. The number of aliphatic hydroxyl groups excluding tert-OH is 1. The molecule has 3 fully saturated rings. The Kier molecular flexibility index (Phi) is 23.7. The quantitative estimate of drug-likeness (QED) is 0.0893. The predicted molar refractivity (Wildman–Crippen MR) is 274 cm³/mol. The average molecular weight is 1030 g/mol. The Balaban J connectivity index is 1.68. The summed E-state index contributed by atoms with van der Waals surface area (Å²) in [5.41, 5.74) is 0.292. The molecule has 73 heavy (non-hydrogen) atoms. The fourth-order valence-corrected chi connectivity index (χ4v) is 10.7. The lowest BCUT2D eigenvalue weighted by atomic mass is 9.78. The minimum atomic E-state index is -2.46. The van der Waals surface area contributed by atoms with Crippen LogP contribution in [0.2, 0.25) is 0 Å². The van der Waals surface area contributed by atoms with Crippen molar-refractivity contribution < 1.29 is 72.1 Å². The van der Waals surface area contributed by atoms with Crippen molar-refractivity contribution in [2.24, 2.45) is 35.5 Å². The van der Waals surface area contributed by atoms with E-state index in [1.807, 2.05) is 51.2 Å². The Hall–Kier alpha value is -4.10. The fraction of sp³-hybridized carbons (Fsp3) is 0.750. The van der Waals surface area contributed by atoms with Crippen LogP contribution in [0.3, 0.4) is 0 Å². The molecule has 4 aliphatic rings. The van der Waals surface area contributed by atoms with Crippen molar-refractivity contribution in [3.05, 3.63) is 47.6 Å². The number of allylic oxidation sites excluding steroid dienone is 6. The first-order valence-corrected chi connectivity index (χ1v) is 26.4. The Morgan fingerprint density at radius 2 is 1.59 bits per heavy atom. The number of fused-ring (bicyclic) bond motifs is 3. The Morgan fingerprint density at radius 1 is 0.877 bits per heavy atom. The summed E-state index contributed by atoms with van der Waals surface area (Å²) < 4.78 is 40.9. The van der Waals surface area contributed by atoms with Crippen LogP contribution in [0.1, 0.15) is 139 Å². The average Bonchev–Trinajstić information content (AvgIpc) is 3.35. The van der Waals surface area contributed by atoms with Crippen LogP contribution in [0.5, 0.6) is 0 Å². The third kappa shape index (κ3) is 16.9. The van der Waals surface area contributed by atoms with Gasteiger partial charge in [-0.3, -0.25) is 24.5 Å². The smallest absolute Gasteiger partial charge is 0.409 e. The van der Waals surface area contributed by atoms with Crippen molar-refractivity contribution >= 4 is 35.3 Å². The molecule has 4 rings (SSSR count). The molecule has 3 heterocycles. The maximum Gasteiger partial charge on any atom is 0.409 e. The number of hydrogen-bond donors (Lipinski definition) is 3. The number of ketones is 3. The first-order chi connectivity index (χ1) is 34.4. The molecule has 17 heteroatoms. The molecular weight excluding hydrogens is 941 g/mol. The van der Waals surface area contributed by atoms with E-state index in [-0.39, 0.29) is 42.8 Å². The number of methoxy groups -OCH3 is 4. The molecule has 17 nitrogen and oxygen atoms in total. The molecule has 0 aromatic rings. The third-order valence-corrected chi connectivity index (χ3v) is 15.6. The van der Waals surface area contributed by atoms with Crippen molar-refractivity contribution in [1.29, 1.82) is 0 Å². The molecule has 2 saturated heterocycles. The van der Waals surface area contributed by atoms with E-state index >= 15 is 0 Å². The van der Waals surface area contributed by atoms with Crippen LogP contribution >= 0.6 is 0 Å². The SMILES string of the molecule is COC1CC2CC[C@@H](C)[C@@](O)(O2)C(=O)C(=O)N2CCCC[C@H]2C(=O)OC(C(C)CC2CC[C@@H](OC(=O)NC(C)(C)OC)C(OC)C2)CC(=O)C(C)/C=C(\C)[C@@H](O)C(OC)C(=O)[C@H](C)CC(C)/C=C/C=C/C=C/1C. The molecule has 0 aromatic heterocycles. The fourth-order valence-electron chi connectivity index (χ4n) is 10.7. The van der Waals surface area contributed by atoms with E-state index < -0.39 is 108 Å². The minimum absolute atomic E-state index is 0.00231. The van der Waals surface area contributed by atoms with Gasteiger partial charge in [0.05, 0.1) is 18.3 Å². The van der Waals surface area contributed by atoms with E-state index in [4.69, 9.17) is 33.2 Å². The number of cyclic esters (lactones) is 1. The van der Waals surface area contributed by atoms with Crippen molar-refractivity contribution in [3.63, 3.8) is 0 Å². The second-order valence-corrected chi connectivity index (χ2v) is 21.8. The van der Waals surface area contributed by atoms with E-state index in [9.17, 15) is 39.0 Å². The first-order valence-electron chi connectivity index (χ1n) is 26.4. The molecule has 0 spiro atoms. The summed E-state index contributed by atoms with van der Waals surface area (Å²) in [7, 11) is 5.98. The number of hydrogen-bond acceptors (Lipinski definition) is 15. The molecular formula is C56H88N2O15. The Labute approximate surface area is 434 Å². The van der Waals surface area contributed by atoms with Gasteiger partial charge in [0.15, 0.2) is 5.78 Å². The molecule has 2 amide bonds. The predicted octanol–water partition coefficient (Wildman–Crippen LogP) is 7.30. The number of carbonyl (C=O) groups is 6. The van der Waals surface area contributed by atoms with Crippen LogP contribution in [0, 0.1) is 35.5 Å². The van der Waals surface area contributed by atoms with Gasteiger partial charge in [-0.15, -0.1) is 0 Å². The number of carbonyl (C=O) groups excluding carboxylic acids is 6. The Bertz CT molecular complexity index is 2010. The second kappa shape index (κ2) is 28.2. The molecule has 1 saturated carbocycles. The van der Waals surface area contributed by atoms with Crippen LogP contribution in [0.25, 0.3) is 0 Å².